The zero-order valence-electron chi connectivity index (χ0n) is 18.0. The van der Waals surface area contributed by atoms with E-state index in [0.29, 0.717) is 5.17 Å². The zero-order chi connectivity index (χ0) is 22.2. The quantitative estimate of drug-likeness (QED) is 0.743. The van der Waals surface area contributed by atoms with E-state index < -0.39 is 9.84 Å². The van der Waals surface area contributed by atoms with Gasteiger partial charge in [0.2, 0.25) is 5.91 Å². The molecular formula is C23H27N3O3S2. The molecule has 1 fully saturated rings. The Bertz CT molecular complexity index is 1130. The van der Waals surface area contributed by atoms with Crippen LogP contribution in [0, 0.1) is 13.8 Å². The van der Waals surface area contributed by atoms with Crippen LogP contribution in [0.2, 0.25) is 0 Å². The molecule has 4 rings (SSSR count). The first-order valence-electron chi connectivity index (χ1n) is 10.4. The van der Waals surface area contributed by atoms with Gasteiger partial charge in [-0.15, -0.1) is 0 Å². The van der Waals surface area contributed by atoms with Crippen molar-refractivity contribution in [2.24, 2.45) is 4.99 Å². The van der Waals surface area contributed by atoms with Crippen LogP contribution >= 0.6 is 11.8 Å². The molecule has 0 bridgehead atoms. The average Bonchev–Trinajstić information content (AvgIpc) is 3.22. The molecule has 2 aliphatic rings. The van der Waals surface area contributed by atoms with E-state index in [4.69, 9.17) is 4.99 Å². The molecule has 2 atom stereocenters. The van der Waals surface area contributed by atoms with Gasteiger partial charge < -0.3 is 10.2 Å². The normalized spacial score (nSPS) is 21.5. The van der Waals surface area contributed by atoms with Crippen molar-refractivity contribution in [2.75, 3.05) is 28.3 Å². The highest BCUT2D eigenvalue weighted by molar-refractivity contribution is 8.15. The molecule has 0 aromatic heterocycles. The van der Waals surface area contributed by atoms with E-state index in [1.165, 1.54) is 22.9 Å². The maximum Gasteiger partial charge on any atom is 0.244 e. The van der Waals surface area contributed by atoms with Gasteiger partial charge in [0.05, 0.1) is 17.5 Å². The Hall–Kier alpha value is -2.32. The highest BCUT2D eigenvalue weighted by atomic mass is 32.2. The highest BCUT2D eigenvalue weighted by Gasteiger charge is 2.44. The first-order chi connectivity index (χ1) is 14.7. The van der Waals surface area contributed by atoms with Gasteiger partial charge in [-0.25, -0.2) is 8.42 Å². The topological polar surface area (TPSA) is 78.8 Å². The Labute approximate surface area is 188 Å². The molecule has 0 saturated carbocycles. The molecule has 2 heterocycles. The van der Waals surface area contributed by atoms with Crippen LogP contribution in [0.25, 0.3) is 0 Å². The summed E-state index contributed by atoms with van der Waals surface area (Å²) >= 11 is 1.47. The molecule has 164 valence electrons. The standard InChI is InChI=1S/C23H27N3O3S2/c1-4-17-6-8-18(9-7-17)24-22(27)12-26(19-10-5-15(2)16(3)11-19)23-25-20-13-31(28,29)14-21(20)30-23/h5-11,20-21H,4,12-14H2,1-3H3,(H,24,27)/t20-,21-/m1/s1. The van der Waals surface area contributed by atoms with E-state index in [-0.39, 0.29) is 35.2 Å². The number of thioether (sulfide) groups is 1. The monoisotopic (exact) mass is 457 g/mol. The van der Waals surface area contributed by atoms with Crippen LogP contribution in [0.5, 0.6) is 0 Å². The Morgan fingerprint density at radius 3 is 2.52 bits per heavy atom. The lowest BCUT2D eigenvalue weighted by atomic mass is 10.1. The summed E-state index contributed by atoms with van der Waals surface area (Å²) in [6, 6.07) is 13.7. The van der Waals surface area contributed by atoms with Crippen molar-refractivity contribution >= 4 is 44.0 Å². The number of aryl methyl sites for hydroxylation is 3. The summed E-state index contributed by atoms with van der Waals surface area (Å²) in [5.41, 5.74) is 5.16. The van der Waals surface area contributed by atoms with Crippen molar-refractivity contribution in [2.45, 2.75) is 38.5 Å². The number of hydrogen-bond acceptors (Lipinski definition) is 6. The van der Waals surface area contributed by atoms with E-state index in [1.54, 1.807) is 0 Å². The Morgan fingerprint density at radius 2 is 1.87 bits per heavy atom. The van der Waals surface area contributed by atoms with Gasteiger partial charge in [0.25, 0.3) is 0 Å². The second kappa shape index (κ2) is 8.67. The first kappa shape index (κ1) is 21.9. The Balaban J connectivity index is 1.57. The third kappa shape index (κ3) is 4.96. The molecular weight excluding hydrogens is 430 g/mol. The minimum atomic E-state index is -3.03. The summed E-state index contributed by atoms with van der Waals surface area (Å²) < 4.78 is 23.9. The van der Waals surface area contributed by atoms with Gasteiger partial charge in [0.15, 0.2) is 15.0 Å². The predicted molar refractivity (Wildman–Crippen MR) is 129 cm³/mol. The van der Waals surface area contributed by atoms with E-state index in [1.807, 2.05) is 61.2 Å². The summed E-state index contributed by atoms with van der Waals surface area (Å²) in [4.78, 5) is 19.5. The molecule has 2 aromatic carbocycles. The molecule has 1 saturated heterocycles. The fraction of sp³-hybridized carbons (Fsp3) is 0.391. The van der Waals surface area contributed by atoms with E-state index in [0.717, 1.165) is 23.4 Å². The van der Waals surface area contributed by atoms with Gasteiger partial charge in [0, 0.05) is 16.6 Å². The van der Waals surface area contributed by atoms with Crippen molar-refractivity contribution < 1.29 is 13.2 Å². The van der Waals surface area contributed by atoms with Crippen LogP contribution in [0.4, 0.5) is 11.4 Å². The van der Waals surface area contributed by atoms with Crippen LogP contribution in [-0.4, -0.2) is 48.8 Å². The van der Waals surface area contributed by atoms with Crippen molar-refractivity contribution in [3.05, 3.63) is 59.2 Å². The number of amidine groups is 1. The second-order valence-corrected chi connectivity index (χ2v) is 11.5. The van der Waals surface area contributed by atoms with Gasteiger partial charge >= 0.3 is 0 Å². The van der Waals surface area contributed by atoms with E-state index in [2.05, 4.69) is 12.2 Å². The Kier molecular flexibility index (Phi) is 6.12. The summed E-state index contributed by atoms with van der Waals surface area (Å²) in [6.45, 7) is 6.29. The molecule has 2 aromatic rings. The third-order valence-electron chi connectivity index (χ3n) is 5.79. The van der Waals surface area contributed by atoms with Gasteiger partial charge in [-0.3, -0.25) is 9.79 Å². The number of carbonyl (C=O) groups is 1. The Morgan fingerprint density at radius 1 is 1.13 bits per heavy atom. The number of fused-ring (bicyclic) bond motifs is 1. The van der Waals surface area contributed by atoms with Crippen molar-refractivity contribution in [1.29, 1.82) is 0 Å². The summed E-state index contributed by atoms with van der Waals surface area (Å²) in [5.74, 6) is 0.0900. The SMILES string of the molecule is CCc1ccc(NC(=O)CN(C2=N[C@@H]3CS(=O)(=O)C[C@H]3S2)c2ccc(C)c(C)c2)cc1. The maximum absolute atomic E-state index is 12.9. The number of nitrogens with one attached hydrogen (secondary N) is 1. The van der Waals surface area contributed by atoms with Crippen LogP contribution < -0.4 is 10.2 Å². The lowest BCUT2D eigenvalue weighted by molar-refractivity contribution is -0.114. The fourth-order valence-corrected chi connectivity index (χ4v) is 7.58. The van der Waals surface area contributed by atoms with Crippen LogP contribution in [0.3, 0.4) is 0 Å². The van der Waals surface area contributed by atoms with E-state index >= 15 is 0 Å². The fourth-order valence-electron chi connectivity index (χ4n) is 3.80. The predicted octanol–water partition coefficient (Wildman–Crippen LogP) is 3.58. The molecule has 0 unspecified atom stereocenters. The number of anilines is 2. The second-order valence-electron chi connectivity index (χ2n) is 8.17. The van der Waals surface area contributed by atoms with Crippen molar-refractivity contribution in [1.82, 2.24) is 0 Å². The van der Waals surface area contributed by atoms with Gasteiger partial charge in [0.1, 0.15) is 6.54 Å². The van der Waals surface area contributed by atoms with Crippen LogP contribution in [-0.2, 0) is 21.1 Å². The largest absolute Gasteiger partial charge is 0.325 e. The molecule has 0 spiro atoms. The molecule has 31 heavy (non-hydrogen) atoms. The summed E-state index contributed by atoms with van der Waals surface area (Å²) in [6.07, 6.45) is 0.948. The average molecular weight is 458 g/mol. The lowest BCUT2D eigenvalue weighted by Crippen LogP contribution is -2.36. The van der Waals surface area contributed by atoms with Gasteiger partial charge in [-0.1, -0.05) is 36.9 Å². The minimum Gasteiger partial charge on any atom is -0.325 e. The maximum atomic E-state index is 12.9. The van der Waals surface area contributed by atoms with Gasteiger partial charge in [-0.2, -0.15) is 0 Å². The first-order valence-corrected chi connectivity index (χ1v) is 13.1. The molecule has 2 aliphatic heterocycles. The number of amides is 1. The third-order valence-corrected chi connectivity index (χ3v) is 9.03. The molecule has 8 heteroatoms. The molecule has 0 radical (unpaired) electrons. The molecule has 0 aliphatic carbocycles. The van der Waals surface area contributed by atoms with Crippen LogP contribution in [0.1, 0.15) is 23.6 Å². The number of aliphatic imine (C=N–C) groups is 1. The van der Waals surface area contributed by atoms with Crippen molar-refractivity contribution in [3.63, 3.8) is 0 Å². The summed E-state index contributed by atoms with van der Waals surface area (Å²) in [5, 5.41) is 3.61. The van der Waals surface area contributed by atoms with E-state index in [9.17, 15) is 13.2 Å². The van der Waals surface area contributed by atoms with Gasteiger partial charge in [-0.05, 0) is 61.2 Å². The minimum absolute atomic E-state index is 0.0707. The molecule has 1 amide bonds. The number of carbonyl (C=O) groups excluding carboxylic acids is 1. The highest BCUT2D eigenvalue weighted by Crippen LogP contribution is 2.37. The summed E-state index contributed by atoms with van der Waals surface area (Å²) in [7, 11) is -3.03. The number of hydrogen-bond donors (Lipinski definition) is 1. The molecule has 1 N–H and O–H groups in total. The lowest BCUT2D eigenvalue weighted by Gasteiger charge is -2.25. The number of nitrogens with zero attached hydrogens (tertiary/aromatic N) is 2. The zero-order valence-corrected chi connectivity index (χ0v) is 19.6. The number of benzene rings is 2. The number of rotatable bonds is 5. The smallest absolute Gasteiger partial charge is 0.244 e. The van der Waals surface area contributed by atoms with Crippen LogP contribution in [0.15, 0.2) is 47.5 Å². The molecule has 6 nitrogen and oxygen atoms in total. The number of sulfone groups is 1. The van der Waals surface area contributed by atoms with Crippen molar-refractivity contribution in [3.8, 4) is 0 Å².